The van der Waals surface area contributed by atoms with Crippen molar-refractivity contribution in [2.24, 2.45) is 0 Å². The van der Waals surface area contributed by atoms with Crippen molar-refractivity contribution >= 4 is 34.8 Å². The molecule has 0 unspecified atom stereocenters. The molecule has 0 heterocycles. The fraction of sp³-hybridized carbons (Fsp3) is 0.188. The smallest absolute Gasteiger partial charge is 0.258 e. The molecule has 0 saturated heterocycles. The lowest BCUT2D eigenvalue weighted by atomic mass is 10.1. The van der Waals surface area contributed by atoms with Gasteiger partial charge in [0.15, 0.2) is 0 Å². The predicted octanol–water partition coefficient (Wildman–Crippen LogP) is 5.05. The van der Waals surface area contributed by atoms with Crippen molar-refractivity contribution in [1.82, 2.24) is 0 Å². The molecule has 20 heavy (non-hydrogen) atoms. The molecule has 0 bridgehead atoms. The number of carbonyl (C=O) groups excluding carboxylic acids is 1. The third-order valence-corrected chi connectivity index (χ3v) is 3.32. The molecular weight excluding hydrogens is 293 g/mol. The highest BCUT2D eigenvalue weighted by Crippen LogP contribution is 2.24. The van der Waals surface area contributed by atoms with E-state index in [1.165, 1.54) is 0 Å². The van der Waals surface area contributed by atoms with Crippen molar-refractivity contribution in [2.45, 2.75) is 19.9 Å². The van der Waals surface area contributed by atoms with E-state index >= 15 is 0 Å². The lowest BCUT2D eigenvalue weighted by molar-refractivity contribution is 0.0980. The minimum Gasteiger partial charge on any atom is -0.306 e. The van der Waals surface area contributed by atoms with E-state index in [-0.39, 0.29) is 11.9 Å². The summed E-state index contributed by atoms with van der Waals surface area (Å²) in [6.45, 7) is 3.94. The monoisotopic (exact) mass is 307 g/mol. The van der Waals surface area contributed by atoms with Gasteiger partial charge >= 0.3 is 0 Å². The maximum Gasteiger partial charge on any atom is 0.258 e. The zero-order chi connectivity index (χ0) is 14.7. The Morgan fingerprint density at radius 3 is 2.05 bits per heavy atom. The summed E-state index contributed by atoms with van der Waals surface area (Å²) < 4.78 is 0. The Bertz CT molecular complexity index is 591. The number of anilines is 1. The second kappa shape index (κ2) is 6.29. The molecule has 0 aliphatic heterocycles. The topological polar surface area (TPSA) is 20.3 Å². The number of rotatable bonds is 3. The summed E-state index contributed by atoms with van der Waals surface area (Å²) in [6.07, 6.45) is 0. The van der Waals surface area contributed by atoms with Crippen molar-refractivity contribution in [3.05, 3.63) is 64.1 Å². The molecule has 104 valence electrons. The summed E-state index contributed by atoms with van der Waals surface area (Å²) >= 11 is 11.9. The van der Waals surface area contributed by atoms with Crippen LogP contribution in [0.4, 0.5) is 5.69 Å². The van der Waals surface area contributed by atoms with Gasteiger partial charge in [0.1, 0.15) is 0 Å². The molecule has 0 aliphatic rings. The molecule has 4 heteroatoms. The zero-order valence-corrected chi connectivity index (χ0v) is 12.8. The van der Waals surface area contributed by atoms with Crippen molar-refractivity contribution in [1.29, 1.82) is 0 Å². The molecule has 2 nitrogen and oxygen atoms in total. The predicted molar refractivity (Wildman–Crippen MR) is 84.8 cm³/mol. The van der Waals surface area contributed by atoms with Crippen LogP contribution in [0.3, 0.4) is 0 Å². The van der Waals surface area contributed by atoms with Crippen LogP contribution in [0.2, 0.25) is 10.0 Å². The molecule has 0 N–H and O–H groups in total. The van der Waals surface area contributed by atoms with E-state index in [1.807, 2.05) is 44.2 Å². The van der Waals surface area contributed by atoms with Crippen LogP contribution >= 0.6 is 23.2 Å². The fourth-order valence-electron chi connectivity index (χ4n) is 2.05. The summed E-state index contributed by atoms with van der Waals surface area (Å²) in [4.78, 5) is 14.4. The molecule has 0 aromatic heterocycles. The van der Waals surface area contributed by atoms with E-state index in [0.29, 0.717) is 15.6 Å². The SMILES string of the molecule is CC(C)N(C(=O)c1cc(Cl)cc(Cl)c1)c1ccccc1. The summed E-state index contributed by atoms with van der Waals surface area (Å²) in [7, 11) is 0. The molecule has 2 aromatic carbocycles. The van der Waals surface area contributed by atoms with Crippen LogP contribution in [0.1, 0.15) is 24.2 Å². The van der Waals surface area contributed by atoms with E-state index in [9.17, 15) is 4.79 Å². The second-order valence-corrected chi connectivity index (χ2v) is 5.64. The Morgan fingerprint density at radius 2 is 1.55 bits per heavy atom. The van der Waals surface area contributed by atoms with E-state index in [0.717, 1.165) is 5.69 Å². The third-order valence-electron chi connectivity index (χ3n) is 2.88. The molecule has 0 atom stereocenters. The lowest BCUT2D eigenvalue weighted by Crippen LogP contribution is -2.37. The van der Waals surface area contributed by atoms with Crippen LogP contribution in [0.5, 0.6) is 0 Å². The van der Waals surface area contributed by atoms with Gasteiger partial charge in [0.2, 0.25) is 0 Å². The van der Waals surface area contributed by atoms with Gasteiger partial charge in [-0.3, -0.25) is 4.79 Å². The van der Waals surface area contributed by atoms with E-state index in [1.54, 1.807) is 23.1 Å². The lowest BCUT2D eigenvalue weighted by Gasteiger charge is -2.27. The Kier molecular flexibility index (Phi) is 4.69. The summed E-state index contributed by atoms with van der Waals surface area (Å²) in [5.74, 6) is -0.115. The number of hydrogen-bond donors (Lipinski definition) is 0. The average molecular weight is 308 g/mol. The highest BCUT2D eigenvalue weighted by Gasteiger charge is 2.21. The van der Waals surface area contributed by atoms with Gasteiger partial charge in [-0.1, -0.05) is 41.4 Å². The summed E-state index contributed by atoms with van der Waals surface area (Å²) in [5.41, 5.74) is 1.34. The summed E-state index contributed by atoms with van der Waals surface area (Å²) in [5, 5.41) is 0.912. The van der Waals surface area contributed by atoms with Crippen molar-refractivity contribution in [3.8, 4) is 0 Å². The van der Waals surface area contributed by atoms with Gasteiger partial charge in [0.25, 0.3) is 5.91 Å². The first-order chi connectivity index (χ1) is 9.49. The number of nitrogens with zero attached hydrogens (tertiary/aromatic N) is 1. The molecule has 1 amide bonds. The van der Waals surface area contributed by atoms with Crippen LogP contribution in [-0.2, 0) is 0 Å². The van der Waals surface area contributed by atoms with Crippen LogP contribution in [0.25, 0.3) is 0 Å². The van der Waals surface area contributed by atoms with Gasteiger partial charge in [-0.05, 0) is 44.2 Å². The number of amides is 1. The van der Waals surface area contributed by atoms with Gasteiger partial charge < -0.3 is 4.90 Å². The average Bonchev–Trinajstić information content (AvgIpc) is 2.38. The van der Waals surface area contributed by atoms with Crippen molar-refractivity contribution in [3.63, 3.8) is 0 Å². The van der Waals surface area contributed by atoms with Crippen LogP contribution < -0.4 is 4.90 Å². The van der Waals surface area contributed by atoms with Crippen LogP contribution in [0.15, 0.2) is 48.5 Å². The maximum atomic E-state index is 12.7. The largest absolute Gasteiger partial charge is 0.306 e. The van der Waals surface area contributed by atoms with Gasteiger partial charge in [0.05, 0.1) is 0 Å². The number of para-hydroxylation sites is 1. The first kappa shape index (κ1) is 14.9. The second-order valence-electron chi connectivity index (χ2n) is 4.76. The van der Waals surface area contributed by atoms with Crippen LogP contribution in [0, 0.1) is 0 Å². The quantitative estimate of drug-likeness (QED) is 0.777. The first-order valence-electron chi connectivity index (χ1n) is 6.33. The molecule has 2 rings (SSSR count). The van der Waals surface area contributed by atoms with Gasteiger partial charge in [0, 0.05) is 27.3 Å². The maximum absolute atomic E-state index is 12.7. The van der Waals surface area contributed by atoms with E-state index in [2.05, 4.69) is 0 Å². The third kappa shape index (κ3) is 3.33. The Balaban J connectivity index is 2.42. The Labute approximate surface area is 128 Å². The summed E-state index contributed by atoms with van der Waals surface area (Å²) in [6, 6.07) is 14.5. The molecule has 0 aliphatic carbocycles. The van der Waals surface area contributed by atoms with Gasteiger partial charge in [-0.25, -0.2) is 0 Å². The van der Waals surface area contributed by atoms with E-state index < -0.39 is 0 Å². The molecule has 2 aromatic rings. The first-order valence-corrected chi connectivity index (χ1v) is 7.09. The minimum atomic E-state index is -0.115. The Hall–Kier alpha value is -1.51. The van der Waals surface area contributed by atoms with Gasteiger partial charge in [-0.15, -0.1) is 0 Å². The number of benzene rings is 2. The zero-order valence-electron chi connectivity index (χ0n) is 11.3. The van der Waals surface area contributed by atoms with Crippen molar-refractivity contribution < 1.29 is 4.79 Å². The number of carbonyl (C=O) groups is 1. The molecule has 0 radical (unpaired) electrons. The molecule has 0 spiro atoms. The molecule has 0 saturated carbocycles. The normalized spacial score (nSPS) is 10.7. The van der Waals surface area contributed by atoms with E-state index in [4.69, 9.17) is 23.2 Å². The highest BCUT2D eigenvalue weighted by atomic mass is 35.5. The van der Waals surface area contributed by atoms with Gasteiger partial charge in [-0.2, -0.15) is 0 Å². The van der Waals surface area contributed by atoms with Crippen LogP contribution in [-0.4, -0.2) is 11.9 Å². The molecular formula is C16H15Cl2NO. The fourth-order valence-corrected chi connectivity index (χ4v) is 2.58. The standard InChI is InChI=1S/C16H15Cl2NO/c1-11(2)19(15-6-4-3-5-7-15)16(20)12-8-13(17)10-14(18)9-12/h3-11H,1-2H3. The number of halogens is 2. The molecule has 0 fully saturated rings. The highest BCUT2D eigenvalue weighted by molar-refractivity contribution is 6.35. The minimum absolute atomic E-state index is 0.0302. The number of hydrogen-bond acceptors (Lipinski definition) is 1. The van der Waals surface area contributed by atoms with Crippen molar-refractivity contribution in [2.75, 3.05) is 4.90 Å². The Morgan fingerprint density at radius 1 is 1.00 bits per heavy atom.